The lowest BCUT2D eigenvalue weighted by atomic mass is 10.1. The van der Waals surface area contributed by atoms with Crippen molar-refractivity contribution in [1.29, 1.82) is 0 Å². The van der Waals surface area contributed by atoms with E-state index in [2.05, 4.69) is 16.4 Å². The molecule has 0 bridgehead atoms. The van der Waals surface area contributed by atoms with Gasteiger partial charge in [0.25, 0.3) is 0 Å². The van der Waals surface area contributed by atoms with Crippen LogP contribution in [0, 0.1) is 6.92 Å². The first-order valence-electron chi connectivity index (χ1n) is 8.73. The minimum atomic E-state index is -0.0485. The van der Waals surface area contributed by atoms with Gasteiger partial charge in [0.2, 0.25) is 5.91 Å². The van der Waals surface area contributed by atoms with E-state index in [1.165, 1.54) is 17.3 Å². The van der Waals surface area contributed by atoms with Crippen LogP contribution in [0.3, 0.4) is 0 Å². The molecule has 0 spiro atoms. The third-order valence-corrected chi connectivity index (χ3v) is 5.00. The number of benzene rings is 2. The van der Waals surface area contributed by atoms with Crippen molar-refractivity contribution in [3.05, 3.63) is 72.1 Å². The smallest absolute Gasteiger partial charge is 0.224 e. The average molecular weight is 379 g/mol. The summed E-state index contributed by atoms with van der Waals surface area (Å²) in [5.41, 5.74) is 3.51. The summed E-state index contributed by atoms with van der Waals surface area (Å²) >= 11 is 1.41. The summed E-state index contributed by atoms with van der Waals surface area (Å²) in [5, 5.41) is 3.55. The quantitative estimate of drug-likeness (QED) is 0.485. The van der Waals surface area contributed by atoms with Gasteiger partial charge in [0.1, 0.15) is 0 Å². The van der Waals surface area contributed by atoms with E-state index in [4.69, 9.17) is 0 Å². The van der Waals surface area contributed by atoms with Gasteiger partial charge in [-0.25, -0.2) is 4.98 Å². The number of thioether (sulfide) groups is 1. The van der Waals surface area contributed by atoms with Gasteiger partial charge in [-0.2, -0.15) is 0 Å². The van der Waals surface area contributed by atoms with E-state index in [1.807, 2.05) is 35.9 Å². The van der Waals surface area contributed by atoms with Crippen LogP contribution in [0.15, 0.2) is 66.1 Å². The summed E-state index contributed by atoms with van der Waals surface area (Å²) in [5.74, 6) is 0.267. The summed E-state index contributed by atoms with van der Waals surface area (Å²) in [7, 11) is 0. The number of nitrogens with one attached hydrogen (secondary N) is 1. The van der Waals surface area contributed by atoms with Crippen LogP contribution in [-0.2, 0) is 4.79 Å². The molecule has 0 aliphatic heterocycles. The van der Waals surface area contributed by atoms with Crippen molar-refractivity contribution >= 4 is 29.1 Å². The monoisotopic (exact) mass is 379 g/mol. The molecule has 0 saturated carbocycles. The Balaban J connectivity index is 1.65. The molecule has 138 valence electrons. The molecule has 6 heteroatoms. The first-order chi connectivity index (χ1) is 13.1. The maximum atomic E-state index is 12.5. The minimum absolute atomic E-state index is 0.0205. The molecule has 2 aromatic carbocycles. The van der Waals surface area contributed by atoms with Gasteiger partial charge in [0.15, 0.2) is 10.9 Å². The number of imidazole rings is 1. The Bertz CT molecular complexity index is 948. The van der Waals surface area contributed by atoms with Crippen molar-refractivity contribution in [3.8, 4) is 5.69 Å². The molecule has 0 aliphatic carbocycles. The Kier molecular flexibility index (Phi) is 6.08. The zero-order chi connectivity index (χ0) is 19.2. The number of hydrogen-bond acceptors (Lipinski definition) is 4. The Labute approximate surface area is 162 Å². The standard InChI is InChI=1S/C21H21N3O2S/c1-3-20(26)23-17-9-7-16(8-10-17)19(25)14-27-21-22-11-12-24(21)18-6-4-5-15(2)13-18/h4-13H,3,14H2,1-2H3,(H,23,26). The number of ketones is 1. The van der Waals surface area contributed by atoms with Crippen molar-refractivity contribution in [2.75, 3.05) is 11.1 Å². The van der Waals surface area contributed by atoms with E-state index in [9.17, 15) is 9.59 Å². The van der Waals surface area contributed by atoms with E-state index in [1.54, 1.807) is 37.4 Å². The van der Waals surface area contributed by atoms with Crippen LogP contribution in [-0.4, -0.2) is 27.0 Å². The highest BCUT2D eigenvalue weighted by Gasteiger charge is 2.11. The van der Waals surface area contributed by atoms with Crippen molar-refractivity contribution in [2.45, 2.75) is 25.4 Å². The first kappa shape index (κ1) is 18.9. The normalized spacial score (nSPS) is 10.6. The number of Topliss-reactive ketones (excluding diaryl/α,β-unsaturated/α-hetero) is 1. The summed E-state index contributed by atoms with van der Waals surface area (Å²) in [6.45, 7) is 3.84. The van der Waals surface area contributed by atoms with Gasteiger partial charge in [-0.3, -0.25) is 14.2 Å². The third-order valence-electron chi connectivity index (χ3n) is 4.03. The molecule has 27 heavy (non-hydrogen) atoms. The maximum absolute atomic E-state index is 12.5. The molecule has 1 N–H and O–H groups in total. The summed E-state index contributed by atoms with van der Waals surface area (Å²) < 4.78 is 1.98. The fourth-order valence-electron chi connectivity index (χ4n) is 2.57. The molecule has 5 nitrogen and oxygen atoms in total. The topological polar surface area (TPSA) is 64.0 Å². The van der Waals surface area contributed by atoms with Crippen molar-refractivity contribution in [3.63, 3.8) is 0 Å². The number of anilines is 1. The highest BCUT2D eigenvalue weighted by molar-refractivity contribution is 7.99. The van der Waals surface area contributed by atoms with Crippen LogP contribution in [0.1, 0.15) is 29.3 Å². The van der Waals surface area contributed by atoms with Crippen LogP contribution in [0.2, 0.25) is 0 Å². The molecule has 3 rings (SSSR count). The Morgan fingerprint density at radius 2 is 1.93 bits per heavy atom. The lowest BCUT2D eigenvalue weighted by Crippen LogP contribution is -2.10. The van der Waals surface area contributed by atoms with Crippen LogP contribution < -0.4 is 5.32 Å². The van der Waals surface area contributed by atoms with E-state index in [0.29, 0.717) is 23.4 Å². The molecule has 0 saturated heterocycles. The molecule has 0 unspecified atom stereocenters. The molecule has 0 radical (unpaired) electrons. The predicted octanol–water partition coefficient (Wildman–Crippen LogP) is 4.50. The van der Waals surface area contributed by atoms with Gasteiger partial charge >= 0.3 is 0 Å². The van der Waals surface area contributed by atoms with E-state index >= 15 is 0 Å². The fraction of sp³-hybridized carbons (Fsp3) is 0.190. The van der Waals surface area contributed by atoms with Gasteiger partial charge in [0.05, 0.1) is 5.75 Å². The van der Waals surface area contributed by atoms with Crippen LogP contribution in [0.25, 0.3) is 5.69 Å². The van der Waals surface area contributed by atoms with Gasteiger partial charge < -0.3 is 5.32 Å². The largest absolute Gasteiger partial charge is 0.326 e. The highest BCUT2D eigenvalue weighted by atomic mass is 32.2. The summed E-state index contributed by atoms with van der Waals surface area (Å²) in [6, 6.07) is 15.1. The van der Waals surface area contributed by atoms with Gasteiger partial charge in [-0.15, -0.1) is 0 Å². The Morgan fingerprint density at radius 3 is 2.63 bits per heavy atom. The number of aryl methyl sites for hydroxylation is 1. The molecule has 0 fully saturated rings. The number of carbonyl (C=O) groups is 2. The Morgan fingerprint density at radius 1 is 1.15 bits per heavy atom. The van der Waals surface area contributed by atoms with Crippen LogP contribution in [0.4, 0.5) is 5.69 Å². The lowest BCUT2D eigenvalue weighted by Gasteiger charge is -2.08. The number of nitrogens with zero attached hydrogens (tertiary/aromatic N) is 2. The van der Waals surface area contributed by atoms with Crippen molar-refractivity contribution < 1.29 is 9.59 Å². The second kappa shape index (κ2) is 8.68. The van der Waals surface area contributed by atoms with Crippen LogP contribution >= 0.6 is 11.8 Å². The van der Waals surface area contributed by atoms with Crippen molar-refractivity contribution in [1.82, 2.24) is 9.55 Å². The number of amides is 1. The van der Waals surface area contributed by atoms with E-state index in [0.717, 1.165) is 10.8 Å². The molecule has 3 aromatic rings. The lowest BCUT2D eigenvalue weighted by molar-refractivity contribution is -0.115. The molecular formula is C21H21N3O2S. The number of aromatic nitrogens is 2. The second-order valence-electron chi connectivity index (χ2n) is 6.11. The second-order valence-corrected chi connectivity index (χ2v) is 7.05. The zero-order valence-electron chi connectivity index (χ0n) is 15.3. The molecular weight excluding hydrogens is 358 g/mol. The van der Waals surface area contributed by atoms with Gasteiger partial charge in [-0.05, 0) is 48.9 Å². The summed E-state index contributed by atoms with van der Waals surface area (Å²) in [6.07, 6.45) is 4.05. The Hall–Kier alpha value is -2.86. The fourth-order valence-corrected chi connectivity index (χ4v) is 3.44. The van der Waals surface area contributed by atoms with Crippen molar-refractivity contribution in [2.24, 2.45) is 0 Å². The molecule has 0 atom stereocenters. The predicted molar refractivity (Wildman–Crippen MR) is 109 cm³/mol. The highest BCUT2D eigenvalue weighted by Crippen LogP contribution is 2.22. The zero-order valence-corrected chi connectivity index (χ0v) is 16.1. The van der Waals surface area contributed by atoms with Gasteiger partial charge in [-0.1, -0.05) is 30.8 Å². The number of hydrogen-bond donors (Lipinski definition) is 1. The van der Waals surface area contributed by atoms with Gasteiger partial charge in [0, 0.05) is 35.8 Å². The molecule has 1 aromatic heterocycles. The minimum Gasteiger partial charge on any atom is -0.326 e. The molecule has 1 heterocycles. The SMILES string of the molecule is CCC(=O)Nc1ccc(C(=O)CSc2nccn2-c2cccc(C)c2)cc1. The van der Waals surface area contributed by atoms with E-state index < -0.39 is 0 Å². The average Bonchev–Trinajstić information content (AvgIpc) is 3.15. The number of rotatable bonds is 7. The molecule has 1 amide bonds. The first-order valence-corrected chi connectivity index (χ1v) is 9.71. The van der Waals surface area contributed by atoms with Crippen LogP contribution in [0.5, 0.6) is 0 Å². The van der Waals surface area contributed by atoms with E-state index in [-0.39, 0.29) is 11.7 Å². The maximum Gasteiger partial charge on any atom is 0.224 e. The summed E-state index contributed by atoms with van der Waals surface area (Å²) in [4.78, 5) is 28.3. The molecule has 0 aliphatic rings. The third kappa shape index (κ3) is 4.86. The number of carbonyl (C=O) groups excluding carboxylic acids is 2.